The van der Waals surface area contributed by atoms with Crippen LogP contribution in [0.15, 0.2) is 12.1 Å². The van der Waals surface area contributed by atoms with Crippen LogP contribution in [0, 0.1) is 13.8 Å². The van der Waals surface area contributed by atoms with E-state index in [4.69, 9.17) is 33.0 Å². The fraction of sp³-hybridized carbons (Fsp3) is 0.364. The van der Waals surface area contributed by atoms with Gasteiger partial charge in [0.15, 0.2) is 5.38 Å². The summed E-state index contributed by atoms with van der Waals surface area (Å²) in [5.74, 6) is -0.456. The Labute approximate surface area is 104 Å². The number of carboxylic acids is 1. The molecule has 1 unspecified atom stereocenters. The number of carboxylic acid groups (broad SMARTS) is 1. The molecule has 3 nitrogen and oxygen atoms in total. The van der Waals surface area contributed by atoms with Crippen LogP contribution < -0.4 is 4.74 Å². The van der Waals surface area contributed by atoms with Gasteiger partial charge in [-0.25, -0.2) is 0 Å². The molecule has 0 aromatic heterocycles. The van der Waals surface area contributed by atoms with Gasteiger partial charge in [0.25, 0.3) is 0 Å². The molecule has 0 aliphatic carbocycles. The van der Waals surface area contributed by atoms with Crippen molar-refractivity contribution in [2.45, 2.75) is 19.2 Å². The molecule has 0 heterocycles. The minimum atomic E-state index is -1.09. The van der Waals surface area contributed by atoms with E-state index in [0.29, 0.717) is 10.8 Å². The summed E-state index contributed by atoms with van der Waals surface area (Å²) in [6.45, 7) is 3.62. The molecule has 0 amide bonds. The van der Waals surface area contributed by atoms with Crippen molar-refractivity contribution in [3.8, 4) is 5.75 Å². The number of ether oxygens (including phenoxy) is 1. The van der Waals surface area contributed by atoms with Crippen LogP contribution in [0.25, 0.3) is 0 Å². The third kappa shape index (κ3) is 3.29. The molecular formula is C11H12Cl2O3. The largest absolute Gasteiger partial charge is 0.491 e. The average Bonchev–Trinajstić information content (AvgIpc) is 2.15. The number of halogens is 2. The first kappa shape index (κ1) is 13.1. The van der Waals surface area contributed by atoms with E-state index < -0.39 is 11.3 Å². The van der Waals surface area contributed by atoms with Gasteiger partial charge in [0, 0.05) is 5.02 Å². The van der Waals surface area contributed by atoms with Crippen molar-refractivity contribution in [1.29, 1.82) is 0 Å². The van der Waals surface area contributed by atoms with E-state index in [1.165, 1.54) is 0 Å². The lowest BCUT2D eigenvalue weighted by Crippen LogP contribution is -2.22. The highest BCUT2D eigenvalue weighted by Gasteiger charge is 2.15. The van der Waals surface area contributed by atoms with Gasteiger partial charge in [-0.15, -0.1) is 11.6 Å². The smallest absolute Gasteiger partial charge is 0.325 e. The Morgan fingerprint density at radius 1 is 1.44 bits per heavy atom. The minimum Gasteiger partial charge on any atom is -0.491 e. The third-order valence-electron chi connectivity index (χ3n) is 2.07. The Hall–Kier alpha value is -0.930. The number of alkyl halides is 1. The Bertz CT molecular complexity index is 381. The van der Waals surface area contributed by atoms with Crippen LogP contribution in [0.4, 0.5) is 0 Å². The summed E-state index contributed by atoms with van der Waals surface area (Å²) in [4.78, 5) is 10.5. The minimum absolute atomic E-state index is 0.0692. The SMILES string of the molecule is Cc1cc(Cl)cc(C)c1OCC(Cl)C(=O)O. The number of hydrogen-bond acceptors (Lipinski definition) is 2. The zero-order valence-electron chi connectivity index (χ0n) is 8.96. The fourth-order valence-corrected chi connectivity index (χ4v) is 1.74. The standard InChI is InChI=1S/C11H12Cl2O3/c1-6-3-8(12)4-7(2)10(6)16-5-9(13)11(14)15/h3-4,9H,5H2,1-2H3,(H,14,15). The number of aliphatic carboxylic acids is 1. The van der Waals surface area contributed by atoms with Crippen molar-refractivity contribution in [2.75, 3.05) is 6.61 Å². The monoisotopic (exact) mass is 262 g/mol. The van der Waals surface area contributed by atoms with Crippen molar-refractivity contribution in [3.63, 3.8) is 0 Å². The van der Waals surface area contributed by atoms with Crippen molar-refractivity contribution in [2.24, 2.45) is 0 Å². The summed E-state index contributed by atoms with van der Waals surface area (Å²) in [6.07, 6.45) is 0. The molecule has 0 aliphatic heterocycles. The average molecular weight is 263 g/mol. The van der Waals surface area contributed by atoms with Crippen LogP contribution >= 0.6 is 23.2 Å². The summed E-state index contributed by atoms with van der Waals surface area (Å²) < 4.78 is 5.37. The summed E-state index contributed by atoms with van der Waals surface area (Å²) in [5.41, 5.74) is 1.72. The fourth-order valence-electron chi connectivity index (χ4n) is 1.35. The van der Waals surface area contributed by atoms with Gasteiger partial charge in [-0.3, -0.25) is 4.79 Å². The van der Waals surface area contributed by atoms with Crippen LogP contribution in [0.3, 0.4) is 0 Å². The lowest BCUT2D eigenvalue weighted by atomic mass is 10.1. The maximum absolute atomic E-state index is 10.5. The summed E-state index contributed by atoms with van der Waals surface area (Å²) in [7, 11) is 0. The van der Waals surface area contributed by atoms with E-state index in [0.717, 1.165) is 11.1 Å². The first-order valence-electron chi connectivity index (χ1n) is 4.68. The van der Waals surface area contributed by atoms with E-state index in [2.05, 4.69) is 0 Å². The van der Waals surface area contributed by atoms with Gasteiger partial charge in [0.2, 0.25) is 0 Å². The second-order valence-corrected chi connectivity index (χ2v) is 4.45. The molecule has 16 heavy (non-hydrogen) atoms. The predicted octanol–water partition coefficient (Wildman–Crippen LogP) is 3.03. The molecular weight excluding hydrogens is 251 g/mol. The molecule has 88 valence electrons. The lowest BCUT2D eigenvalue weighted by molar-refractivity contribution is -0.137. The molecule has 0 saturated heterocycles. The van der Waals surface area contributed by atoms with Gasteiger partial charge in [0.1, 0.15) is 12.4 Å². The van der Waals surface area contributed by atoms with Crippen LogP contribution in [-0.4, -0.2) is 23.1 Å². The third-order valence-corrected chi connectivity index (χ3v) is 2.60. The molecule has 0 bridgehead atoms. The molecule has 0 saturated carbocycles. The Morgan fingerprint density at radius 3 is 2.38 bits per heavy atom. The number of carbonyl (C=O) groups is 1. The number of hydrogen-bond donors (Lipinski definition) is 1. The van der Waals surface area contributed by atoms with Crippen molar-refractivity contribution in [3.05, 3.63) is 28.3 Å². The zero-order chi connectivity index (χ0) is 12.3. The molecule has 1 atom stereocenters. The first-order chi connectivity index (χ1) is 7.41. The van der Waals surface area contributed by atoms with Crippen molar-refractivity contribution >= 4 is 29.2 Å². The van der Waals surface area contributed by atoms with Crippen molar-refractivity contribution in [1.82, 2.24) is 0 Å². The first-order valence-corrected chi connectivity index (χ1v) is 5.49. The number of benzene rings is 1. The van der Waals surface area contributed by atoms with E-state index in [1.54, 1.807) is 12.1 Å². The maximum Gasteiger partial charge on any atom is 0.325 e. The van der Waals surface area contributed by atoms with Crippen LogP contribution in [0.5, 0.6) is 5.75 Å². The Balaban J connectivity index is 2.78. The molecule has 1 aromatic rings. The highest BCUT2D eigenvalue weighted by Crippen LogP contribution is 2.27. The number of aryl methyl sites for hydroxylation is 2. The van der Waals surface area contributed by atoms with E-state index in [1.807, 2.05) is 13.8 Å². The van der Waals surface area contributed by atoms with Crippen molar-refractivity contribution < 1.29 is 14.6 Å². The van der Waals surface area contributed by atoms with Crippen LogP contribution in [0.1, 0.15) is 11.1 Å². The van der Waals surface area contributed by atoms with Gasteiger partial charge in [-0.1, -0.05) is 11.6 Å². The quantitative estimate of drug-likeness (QED) is 0.849. The second-order valence-electron chi connectivity index (χ2n) is 3.49. The second kappa shape index (κ2) is 5.41. The lowest BCUT2D eigenvalue weighted by Gasteiger charge is -2.13. The molecule has 0 fully saturated rings. The van der Waals surface area contributed by atoms with Crippen LogP contribution in [0.2, 0.25) is 5.02 Å². The van der Waals surface area contributed by atoms with Gasteiger partial charge < -0.3 is 9.84 Å². The molecule has 0 spiro atoms. The Kier molecular flexibility index (Phi) is 4.44. The normalized spacial score (nSPS) is 12.2. The predicted molar refractivity (Wildman–Crippen MR) is 63.7 cm³/mol. The van der Waals surface area contributed by atoms with Gasteiger partial charge >= 0.3 is 5.97 Å². The molecule has 1 aromatic carbocycles. The molecule has 1 rings (SSSR count). The van der Waals surface area contributed by atoms with E-state index >= 15 is 0 Å². The van der Waals surface area contributed by atoms with E-state index in [9.17, 15) is 4.79 Å². The molecule has 0 radical (unpaired) electrons. The van der Waals surface area contributed by atoms with Gasteiger partial charge in [0.05, 0.1) is 0 Å². The topological polar surface area (TPSA) is 46.5 Å². The van der Waals surface area contributed by atoms with E-state index in [-0.39, 0.29) is 6.61 Å². The van der Waals surface area contributed by atoms with Crippen LogP contribution in [-0.2, 0) is 4.79 Å². The maximum atomic E-state index is 10.5. The Morgan fingerprint density at radius 2 is 1.94 bits per heavy atom. The molecule has 5 heteroatoms. The molecule has 1 N–H and O–H groups in total. The summed E-state index contributed by atoms with van der Waals surface area (Å²) in [6, 6.07) is 3.52. The van der Waals surface area contributed by atoms with Gasteiger partial charge in [-0.2, -0.15) is 0 Å². The molecule has 0 aliphatic rings. The highest BCUT2D eigenvalue weighted by molar-refractivity contribution is 6.30. The summed E-state index contributed by atoms with van der Waals surface area (Å²) in [5, 5.41) is 8.19. The van der Waals surface area contributed by atoms with Gasteiger partial charge in [-0.05, 0) is 37.1 Å². The highest BCUT2D eigenvalue weighted by atomic mass is 35.5. The zero-order valence-corrected chi connectivity index (χ0v) is 10.5. The summed E-state index contributed by atoms with van der Waals surface area (Å²) >= 11 is 11.4. The number of rotatable bonds is 4.